The molecule has 4 heteroatoms. The van der Waals surface area contributed by atoms with E-state index in [0.717, 1.165) is 45.4 Å². The van der Waals surface area contributed by atoms with Gasteiger partial charge in [0.05, 0.1) is 12.5 Å². The number of hydrogen-bond donors (Lipinski definition) is 1. The number of fused-ring (bicyclic) bond motifs is 1. The van der Waals surface area contributed by atoms with Crippen molar-refractivity contribution in [3.05, 3.63) is 35.5 Å². The van der Waals surface area contributed by atoms with Crippen LogP contribution in [0, 0.1) is 6.92 Å². The number of aromatic nitrogens is 1. The minimum absolute atomic E-state index is 0.158. The number of aromatic amines is 1. The Kier molecular flexibility index (Phi) is 4.31. The minimum Gasteiger partial charge on any atom is -0.378 e. The van der Waals surface area contributed by atoms with Crippen LogP contribution in [0.5, 0.6) is 0 Å². The maximum Gasteiger partial charge on any atom is 0.225 e. The van der Waals surface area contributed by atoms with Gasteiger partial charge in [0, 0.05) is 36.3 Å². The number of rotatable bonds is 3. The number of nitrogens with one attached hydrogen (secondary N) is 1. The van der Waals surface area contributed by atoms with Crippen LogP contribution in [-0.2, 0) is 9.53 Å². The molecule has 24 heavy (non-hydrogen) atoms. The second-order valence-electron chi connectivity index (χ2n) is 7.20. The predicted molar refractivity (Wildman–Crippen MR) is 95.2 cm³/mol. The molecule has 1 N–H and O–H groups in total. The number of piperidine rings is 1. The zero-order valence-corrected chi connectivity index (χ0v) is 14.4. The van der Waals surface area contributed by atoms with Gasteiger partial charge >= 0.3 is 0 Å². The highest BCUT2D eigenvalue weighted by Crippen LogP contribution is 2.35. The molecule has 0 aliphatic carbocycles. The van der Waals surface area contributed by atoms with Gasteiger partial charge in [-0.05, 0) is 50.2 Å². The molecular weight excluding hydrogens is 300 g/mol. The first-order chi connectivity index (χ1) is 11.7. The van der Waals surface area contributed by atoms with Crippen LogP contribution in [-0.4, -0.2) is 41.6 Å². The van der Waals surface area contributed by atoms with E-state index in [1.54, 1.807) is 0 Å². The average molecular weight is 326 g/mol. The highest BCUT2D eigenvalue weighted by atomic mass is 16.5. The molecule has 0 saturated carbocycles. The highest BCUT2D eigenvalue weighted by Gasteiger charge is 2.28. The standard InChI is InChI=1S/C20H26N2O2/c1-14-20(17-6-2-3-7-18(17)21-14)15-8-10-22(11-9-15)19(23)13-16-5-4-12-24-16/h2-3,6-7,15-16,21H,4-5,8-13H2,1H3/t16-/m0/s1. The summed E-state index contributed by atoms with van der Waals surface area (Å²) in [5.74, 6) is 0.823. The molecule has 1 amide bonds. The maximum absolute atomic E-state index is 12.5. The lowest BCUT2D eigenvalue weighted by Gasteiger charge is -2.33. The second-order valence-corrected chi connectivity index (χ2v) is 7.20. The van der Waals surface area contributed by atoms with Crippen molar-refractivity contribution in [2.24, 2.45) is 0 Å². The van der Waals surface area contributed by atoms with E-state index >= 15 is 0 Å². The van der Waals surface area contributed by atoms with Crippen LogP contribution in [0.15, 0.2) is 24.3 Å². The summed E-state index contributed by atoms with van der Waals surface area (Å²) in [6.45, 7) is 4.73. The van der Waals surface area contributed by atoms with Crippen molar-refractivity contribution in [3.63, 3.8) is 0 Å². The third-order valence-corrected chi connectivity index (χ3v) is 5.63. The molecule has 2 aliphatic heterocycles. The predicted octanol–water partition coefficient (Wildman–Crippen LogP) is 3.75. The number of aryl methyl sites for hydroxylation is 1. The number of hydrogen-bond acceptors (Lipinski definition) is 2. The molecule has 1 atom stereocenters. The third kappa shape index (κ3) is 2.95. The molecule has 2 aliphatic rings. The monoisotopic (exact) mass is 326 g/mol. The van der Waals surface area contributed by atoms with Gasteiger partial charge in [0.2, 0.25) is 5.91 Å². The van der Waals surface area contributed by atoms with E-state index in [9.17, 15) is 4.79 Å². The normalized spacial score (nSPS) is 22.4. The van der Waals surface area contributed by atoms with Crippen LogP contribution in [0.25, 0.3) is 10.9 Å². The smallest absolute Gasteiger partial charge is 0.225 e. The van der Waals surface area contributed by atoms with Crippen molar-refractivity contribution >= 4 is 16.8 Å². The van der Waals surface area contributed by atoms with Crippen molar-refractivity contribution in [1.82, 2.24) is 9.88 Å². The Hall–Kier alpha value is -1.81. The number of nitrogens with zero attached hydrogens (tertiary/aromatic N) is 1. The zero-order chi connectivity index (χ0) is 16.5. The number of H-pyrrole nitrogens is 1. The van der Waals surface area contributed by atoms with Crippen LogP contribution >= 0.6 is 0 Å². The first-order valence-corrected chi connectivity index (χ1v) is 9.19. The van der Waals surface area contributed by atoms with Gasteiger partial charge in [0.25, 0.3) is 0 Å². The van der Waals surface area contributed by atoms with Gasteiger partial charge < -0.3 is 14.6 Å². The fourth-order valence-electron chi connectivity index (χ4n) is 4.37. The lowest BCUT2D eigenvalue weighted by atomic mass is 9.87. The van der Waals surface area contributed by atoms with Crippen molar-refractivity contribution < 1.29 is 9.53 Å². The van der Waals surface area contributed by atoms with Crippen LogP contribution in [0.2, 0.25) is 0 Å². The quantitative estimate of drug-likeness (QED) is 0.933. The van der Waals surface area contributed by atoms with E-state index in [1.807, 2.05) is 4.90 Å². The van der Waals surface area contributed by atoms with E-state index in [0.29, 0.717) is 12.3 Å². The van der Waals surface area contributed by atoms with Gasteiger partial charge in [0.1, 0.15) is 0 Å². The number of ether oxygens (including phenoxy) is 1. The molecule has 1 aromatic heterocycles. The highest BCUT2D eigenvalue weighted by molar-refractivity contribution is 5.85. The molecule has 0 spiro atoms. The molecule has 2 aromatic rings. The van der Waals surface area contributed by atoms with Crippen LogP contribution in [0.3, 0.4) is 0 Å². The SMILES string of the molecule is Cc1[nH]c2ccccc2c1C1CCN(C(=O)C[C@@H]2CCCO2)CC1. The summed E-state index contributed by atoms with van der Waals surface area (Å²) in [7, 11) is 0. The summed E-state index contributed by atoms with van der Waals surface area (Å²) in [5, 5.41) is 1.35. The Labute approximate surface area is 143 Å². The first kappa shape index (κ1) is 15.7. The van der Waals surface area contributed by atoms with Crippen LogP contribution in [0.1, 0.15) is 49.3 Å². The number of carbonyl (C=O) groups is 1. The summed E-state index contributed by atoms with van der Waals surface area (Å²) in [6, 6.07) is 8.54. The van der Waals surface area contributed by atoms with Crippen molar-refractivity contribution in [3.8, 4) is 0 Å². The van der Waals surface area contributed by atoms with Crippen molar-refractivity contribution in [1.29, 1.82) is 0 Å². The average Bonchev–Trinajstić information content (AvgIpc) is 3.21. The number of carbonyl (C=O) groups excluding carboxylic acids is 1. The number of amides is 1. The summed E-state index contributed by atoms with van der Waals surface area (Å²) in [5.41, 5.74) is 3.96. The zero-order valence-electron chi connectivity index (χ0n) is 14.4. The van der Waals surface area contributed by atoms with Gasteiger partial charge in [-0.1, -0.05) is 18.2 Å². The van der Waals surface area contributed by atoms with Crippen molar-refractivity contribution in [2.75, 3.05) is 19.7 Å². The third-order valence-electron chi connectivity index (χ3n) is 5.63. The maximum atomic E-state index is 12.5. The van der Waals surface area contributed by atoms with E-state index in [2.05, 4.69) is 36.2 Å². The number of para-hydroxylation sites is 1. The molecule has 128 valence electrons. The molecule has 0 unspecified atom stereocenters. The largest absolute Gasteiger partial charge is 0.378 e. The van der Waals surface area contributed by atoms with Gasteiger partial charge in [-0.2, -0.15) is 0 Å². The number of benzene rings is 1. The molecule has 1 aromatic carbocycles. The lowest BCUT2D eigenvalue weighted by molar-refractivity contribution is -0.134. The fraction of sp³-hybridized carbons (Fsp3) is 0.550. The van der Waals surface area contributed by atoms with Crippen molar-refractivity contribution in [2.45, 2.75) is 51.0 Å². The Morgan fingerprint density at radius 1 is 1.25 bits per heavy atom. The first-order valence-electron chi connectivity index (χ1n) is 9.19. The van der Waals surface area contributed by atoms with Crippen LogP contribution in [0.4, 0.5) is 0 Å². The molecule has 2 saturated heterocycles. The molecule has 2 fully saturated rings. The Morgan fingerprint density at radius 2 is 2.04 bits per heavy atom. The van der Waals surface area contributed by atoms with E-state index in [1.165, 1.54) is 22.2 Å². The Morgan fingerprint density at radius 3 is 2.79 bits per heavy atom. The van der Waals surface area contributed by atoms with E-state index in [-0.39, 0.29) is 12.0 Å². The molecule has 0 bridgehead atoms. The minimum atomic E-state index is 0.158. The van der Waals surface area contributed by atoms with Gasteiger partial charge in [0.15, 0.2) is 0 Å². The van der Waals surface area contributed by atoms with Gasteiger partial charge in [-0.3, -0.25) is 4.79 Å². The van der Waals surface area contributed by atoms with E-state index in [4.69, 9.17) is 4.74 Å². The second kappa shape index (κ2) is 6.60. The molecule has 3 heterocycles. The fourth-order valence-corrected chi connectivity index (χ4v) is 4.37. The van der Waals surface area contributed by atoms with Crippen LogP contribution < -0.4 is 0 Å². The Bertz CT molecular complexity index is 722. The topological polar surface area (TPSA) is 45.3 Å². The van der Waals surface area contributed by atoms with Gasteiger partial charge in [-0.25, -0.2) is 0 Å². The summed E-state index contributed by atoms with van der Waals surface area (Å²) < 4.78 is 5.61. The van der Waals surface area contributed by atoms with Gasteiger partial charge in [-0.15, -0.1) is 0 Å². The molecular formula is C20H26N2O2. The van der Waals surface area contributed by atoms with E-state index < -0.39 is 0 Å². The Balaban J connectivity index is 1.42. The molecule has 0 radical (unpaired) electrons. The number of likely N-dealkylation sites (tertiary alicyclic amines) is 1. The summed E-state index contributed by atoms with van der Waals surface area (Å²) >= 11 is 0. The summed E-state index contributed by atoms with van der Waals surface area (Å²) in [6.07, 6.45) is 4.97. The molecule has 4 rings (SSSR count). The summed E-state index contributed by atoms with van der Waals surface area (Å²) in [4.78, 5) is 18.0. The lowest BCUT2D eigenvalue weighted by Crippen LogP contribution is -2.39. The molecule has 4 nitrogen and oxygen atoms in total.